The second kappa shape index (κ2) is 6.00. The number of morpholine rings is 1. The molecule has 2 heterocycles. The van der Waals surface area contributed by atoms with Gasteiger partial charge in [0.05, 0.1) is 13.2 Å². The number of carbonyl (C=O) groups excluding carboxylic acids is 1. The summed E-state index contributed by atoms with van der Waals surface area (Å²) in [6.45, 7) is 11.3. The van der Waals surface area contributed by atoms with Crippen molar-refractivity contribution in [3.05, 3.63) is 0 Å². The lowest BCUT2D eigenvalue weighted by atomic mass is 9.88. The van der Waals surface area contributed by atoms with Gasteiger partial charge >= 0.3 is 0 Å². The molecule has 5 nitrogen and oxygen atoms in total. The highest BCUT2D eigenvalue weighted by molar-refractivity contribution is 5.86. The van der Waals surface area contributed by atoms with Gasteiger partial charge in [0.25, 0.3) is 5.91 Å². The van der Waals surface area contributed by atoms with Crippen LogP contribution in [0.15, 0.2) is 0 Å². The van der Waals surface area contributed by atoms with Crippen LogP contribution in [-0.4, -0.2) is 72.4 Å². The molecular formula is C15H28N2O3. The molecule has 0 unspecified atom stereocenters. The van der Waals surface area contributed by atoms with Crippen molar-refractivity contribution in [2.75, 3.05) is 45.9 Å². The lowest BCUT2D eigenvalue weighted by molar-refractivity contribution is -0.162. The van der Waals surface area contributed by atoms with Crippen LogP contribution < -0.4 is 0 Å². The Hall–Kier alpha value is -0.650. The molecule has 0 aromatic rings. The van der Waals surface area contributed by atoms with Gasteiger partial charge in [0.2, 0.25) is 0 Å². The maximum Gasteiger partial charge on any atom is 0.255 e. The number of amides is 1. The third-order valence-corrected chi connectivity index (χ3v) is 3.96. The predicted octanol–water partition coefficient (Wildman–Crippen LogP) is 0.718. The molecule has 2 saturated heterocycles. The van der Waals surface area contributed by atoms with E-state index in [1.165, 1.54) is 0 Å². The summed E-state index contributed by atoms with van der Waals surface area (Å²) in [6.07, 6.45) is 1.45. The molecule has 2 rings (SSSR count). The molecule has 5 heteroatoms. The van der Waals surface area contributed by atoms with Crippen molar-refractivity contribution in [1.82, 2.24) is 9.80 Å². The first-order valence-corrected chi connectivity index (χ1v) is 7.62. The Kier molecular flexibility index (Phi) is 4.72. The van der Waals surface area contributed by atoms with E-state index >= 15 is 0 Å². The maximum atomic E-state index is 12.6. The smallest absolute Gasteiger partial charge is 0.255 e. The van der Waals surface area contributed by atoms with Crippen molar-refractivity contribution in [3.8, 4) is 0 Å². The normalized spacial score (nSPS) is 29.8. The molecule has 2 aliphatic heterocycles. The van der Waals surface area contributed by atoms with E-state index in [9.17, 15) is 9.90 Å². The van der Waals surface area contributed by atoms with Gasteiger partial charge in [-0.05, 0) is 18.3 Å². The number of rotatable bonds is 3. The van der Waals surface area contributed by atoms with Gasteiger partial charge in [-0.15, -0.1) is 0 Å². The van der Waals surface area contributed by atoms with Crippen molar-refractivity contribution in [2.24, 2.45) is 5.41 Å². The van der Waals surface area contributed by atoms with E-state index in [2.05, 4.69) is 25.7 Å². The van der Waals surface area contributed by atoms with Crippen LogP contribution in [0.2, 0.25) is 0 Å². The third kappa shape index (κ3) is 3.93. The van der Waals surface area contributed by atoms with E-state index < -0.39 is 5.60 Å². The molecule has 0 aromatic carbocycles. The van der Waals surface area contributed by atoms with Gasteiger partial charge in [-0.25, -0.2) is 0 Å². The lowest BCUT2D eigenvalue weighted by Gasteiger charge is -2.43. The topological polar surface area (TPSA) is 53.0 Å². The number of nitrogens with zero attached hydrogens (tertiary/aromatic N) is 2. The third-order valence-electron chi connectivity index (χ3n) is 3.96. The second-order valence-electron chi connectivity index (χ2n) is 7.31. The summed E-state index contributed by atoms with van der Waals surface area (Å²) < 4.78 is 5.32. The van der Waals surface area contributed by atoms with Gasteiger partial charge in [0, 0.05) is 32.7 Å². The zero-order valence-corrected chi connectivity index (χ0v) is 13.0. The van der Waals surface area contributed by atoms with E-state index in [-0.39, 0.29) is 11.3 Å². The molecule has 2 fully saturated rings. The van der Waals surface area contributed by atoms with Crippen LogP contribution in [-0.2, 0) is 9.53 Å². The molecule has 0 radical (unpaired) electrons. The summed E-state index contributed by atoms with van der Waals surface area (Å²) in [4.78, 5) is 16.6. The highest BCUT2D eigenvalue weighted by Gasteiger charge is 2.44. The van der Waals surface area contributed by atoms with Gasteiger partial charge in [-0.3, -0.25) is 9.69 Å². The summed E-state index contributed by atoms with van der Waals surface area (Å²) >= 11 is 0. The quantitative estimate of drug-likeness (QED) is 0.829. The van der Waals surface area contributed by atoms with E-state index in [4.69, 9.17) is 4.74 Å². The Morgan fingerprint density at radius 3 is 2.50 bits per heavy atom. The van der Waals surface area contributed by atoms with Gasteiger partial charge < -0.3 is 14.7 Å². The molecule has 0 saturated carbocycles. The molecule has 1 amide bonds. The molecule has 0 bridgehead atoms. The van der Waals surface area contributed by atoms with Crippen LogP contribution in [0.3, 0.4) is 0 Å². The van der Waals surface area contributed by atoms with Crippen LogP contribution >= 0.6 is 0 Å². The Bertz CT molecular complexity index is 348. The first-order valence-electron chi connectivity index (χ1n) is 7.62. The number of likely N-dealkylation sites (tertiary alicyclic amines) is 1. The molecule has 0 spiro atoms. The fourth-order valence-electron chi connectivity index (χ4n) is 3.06. The van der Waals surface area contributed by atoms with E-state index in [0.717, 1.165) is 26.1 Å². The molecule has 0 aliphatic carbocycles. The van der Waals surface area contributed by atoms with E-state index in [0.29, 0.717) is 32.7 Å². The molecule has 20 heavy (non-hydrogen) atoms. The van der Waals surface area contributed by atoms with Crippen LogP contribution in [0.1, 0.15) is 33.6 Å². The first kappa shape index (κ1) is 15.7. The van der Waals surface area contributed by atoms with Crippen molar-refractivity contribution in [2.45, 2.75) is 39.2 Å². The molecule has 1 atom stereocenters. The largest absolute Gasteiger partial charge is 0.379 e. The van der Waals surface area contributed by atoms with Gasteiger partial charge in [0.15, 0.2) is 5.60 Å². The fourth-order valence-corrected chi connectivity index (χ4v) is 3.06. The van der Waals surface area contributed by atoms with Crippen molar-refractivity contribution < 1.29 is 14.6 Å². The van der Waals surface area contributed by atoms with Crippen molar-refractivity contribution in [3.63, 3.8) is 0 Å². The summed E-state index contributed by atoms with van der Waals surface area (Å²) in [5.41, 5.74) is -1.15. The number of β-amino-alcohol motifs (C(OH)–C–C–N with tert-alkyl or cyclic N) is 1. The minimum Gasteiger partial charge on any atom is -0.379 e. The summed E-state index contributed by atoms with van der Waals surface area (Å²) in [7, 11) is 0. The average Bonchev–Trinajstić information content (AvgIpc) is 2.35. The second-order valence-corrected chi connectivity index (χ2v) is 7.31. The number of carbonyl (C=O) groups is 1. The molecule has 2 aliphatic rings. The molecule has 116 valence electrons. The van der Waals surface area contributed by atoms with Crippen LogP contribution in [0, 0.1) is 5.41 Å². The molecule has 0 aromatic heterocycles. The van der Waals surface area contributed by atoms with Gasteiger partial charge in [0.1, 0.15) is 0 Å². The minimum atomic E-state index is -1.21. The van der Waals surface area contributed by atoms with Crippen LogP contribution in [0.5, 0.6) is 0 Å². The van der Waals surface area contributed by atoms with Gasteiger partial charge in [-0.1, -0.05) is 20.8 Å². The lowest BCUT2D eigenvalue weighted by Crippen LogP contribution is -2.60. The number of piperidine rings is 1. The highest BCUT2D eigenvalue weighted by Crippen LogP contribution is 2.27. The standard InChI is InChI=1S/C15H28N2O3/c1-14(2,3)11-17-6-4-5-15(19,13(17)18)12-16-7-9-20-10-8-16/h19H,4-12H2,1-3H3/t15-/m0/s1. The van der Waals surface area contributed by atoms with E-state index in [1.807, 2.05) is 4.90 Å². The molecule has 1 N–H and O–H groups in total. The summed E-state index contributed by atoms with van der Waals surface area (Å²) in [5.74, 6) is -0.0924. The van der Waals surface area contributed by atoms with E-state index in [1.54, 1.807) is 0 Å². The summed E-state index contributed by atoms with van der Waals surface area (Å²) in [6, 6.07) is 0. The van der Waals surface area contributed by atoms with Crippen molar-refractivity contribution in [1.29, 1.82) is 0 Å². The zero-order valence-electron chi connectivity index (χ0n) is 13.0. The average molecular weight is 284 g/mol. The SMILES string of the molecule is CC(C)(C)CN1CCC[C@](O)(CN2CCOCC2)C1=O. The first-order chi connectivity index (χ1) is 9.30. The van der Waals surface area contributed by atoms with Gasteiger partial charge in [-0.2, -0.15) is 0 Å². The minimum absolute atomic E-state index is 0.0624. The predicted molar refractivity (Wildman–Crippen MR) is 77.5 cm³/mol. The number of aliphatic hydroxyl groups is 1. The Labute approximate surface area is 121 Å². The zero-order chi connectivity index (χ0) is 14.8. The number of ether oxygens (including phenoxy) is 1. The maximum absolute atomic E-state index is 12.6. The Balaban J connectivity index is 2.00. The number of hydrogen-bond acceptors (Lipinski definition) is 4. The van der Waals surface area contributed by atoms with Crippen LogP contribution in [0.25, 0.3) is 0 Å². The highest BCUT2D eigenvalue weighted by atomic mass is 16.5. The van der Waals surface area contributed by atoms with Crippen LogP contribution in [0.4, 0.5) is 0 Å². The molecular weight excluding hydrogens is 256 g/mol. The Morgan fingerprint density at radius 1 is 1.25 bits per heavy atom. The monoisotopic (exact) mass is 284 g/mol. The Morgan fingerprint density at radius 2 is 1.90 bits per heavy atom. The summed E-state index contributed by atoms with van der Waals surface area (Å²) in [5, 5.41) is 10.8. The fraction of sp³-hybridized carbons (Fsp3) is 0.933. The van der Waals surface area contributed by atoms with Crippen molar-refractivity contribution >= 4 is 5.91 Å². The number of hydrogen-bond donors (Lipinski definition) is 1.